The number of amides is 4. The lowest BCUT2D eigenvalue weighted by molar-refractivity contribution is -0.140. The maximum Gasteiger partial charge on any atom is 0.305 e. The van der Waals surface area contributed by atoms with Crippen molar-refractivity contribution in [2.45, 2.75) is 76.9 Å². The van der Waals surface area contributed by atoms with Crippen LogP contribution in [0.25, 0.3) is 0 Å². The van der Waals surface area contributed by atoms with E-state index < -0.39 is 48.3 Å². The van der Waals surface area contributed by atoms with E-state index in [0.29, 0.717) is 54.7 Å². The third-order valence-electron chi connectivity index (χ3n) is 7.33. The summed E-state index contributed by atoms with van der Waals surface area (Å²) in [6, 6.07) is 8.86. The smallest absolute Gasteiger partial charge is 0.305 e. The van der Waals surface area contributed by atoms with Crippen molar-refractivity contribution < 1.29 is 38.0 Å². The Morgan fingerprint density at radius 1 is 0.936 bits per heavy atom. The Labute approximate surface area is 285 Å². The van der Waals surface area contributed by atoms with E-state index in [-0.39, 0.29) is 44.8 Å². The van der Waals surface area contributed by atoms with Crippen LogP contribution in [0.3, 0.4) is 0 Å². The molecule has 7 N–H and O–H groups in total. The molecule has 0 fully saturated rings. The van der Waals surface area contributed by atoms with Crippen molar-refractivity contribution in [2.24, 2.45) is 5.73 Å². The number of esters is 1. The van der Waals surface area contributed by atoms with E-state index in [1.54, 1.807) is 0 Å². The fourth-order valence-corrected chi connectivity index (χ4v) is 5.19. The van der Waals surface area contributed by atoms with Crippen molar-refractivity contribution in [3.05, 3.63) is 64.7 Å². The first kappa shape index (κ1) is 34.2. The Morgan fingerprint density at radius 3 is 2.28 bits per heavy atom. The van der Waals surface area contributed by atoms with E-state index in [2.05, 4.69) is 31.7 Å². The molecule has 13 heteroatoms. The molecule has 2 rings (SSSR count). The van der Waals surface area contributed by atoms with E-state index >= 15 is 0 Å². The maximum atomic E-state index is 13.3. The molecule has 0 aromatic heterocycles. The molecule has 0 spiro atoms. The van der Waals surface area contributed by atoms with Gasteiger partial charge < -0.3 is 36.8 Å². The van der Waals surface area contributed by atoms with Crippen LogP contribution in [0.2, 0.25) is 1.41 Å². The van der Waals surface area contributed by atoms with Crippen molar-refractivity contribution >= 4 is 41.4 Å². The standard InChI is InChI=1S/C34H49N5O7S/c1-22-17-25(40)18-23(2)26(22)20-27(35)32(43)39-28(14-16-47-4)33(44)37-21-30(41)38-29(19-24-11-7-5-8-12-24)34(45)36-15-10-6-9-13-31(42)46-3/h5,7-8,11-12,17-18,27-29,40H,6,9-10,13-16,19-21,35H2,1-4H3,(H,36,45)(H,37,44)(H,38,41)(H,39,43)/t27-,28-,29-/m0/s1/i1D,2D/hD. The average Bonchev–Trinajstić information content (AvgIpc) is 3.12. The molecule has 0 aliphatic heterocycles. The quantitative estimate of drug-likeness (QED) is 0.0848. The number of hydrogen-bond acceptors (Lipinski definition) is 9. The van der Waals surface area contributed by atoms with E-state index in [1.165, 1.54) is 31.0 Å². The summed E-state index contributed by atoms with van der Waals surface area (Å²) in [6.07, 6.45) is 4.52. The number of unbranched alkanes of at least 4 members (excludes halogenated alkanes) is 2. The number of aromatic hydroxyl groups is 1. The van der Waals surface area contributed by atoms with Crippen LogP contribution in [-0.4, -0.2) is 85.0 Å². The van der Waals surface area contributed by atoms with Crippen molar-refractivity contribution in [2.75, 3.05) is 32.2 Å². The molecule has 0 unspecified atom stereocenters. The molecule has 12 nitrogen and oxygen atoms in total. The number of nitrogens with one attached hydrogen (secondary N) is 4. The number of methoxy groups -OCH3 is 1. The van der Waals surface area contributed by atoms with Gasteiger partial charge in [-0.1, -0.05) is 36.8 Å². The molecule has 0 bridgehead atoms. The summed E-state index contributed by atoms with van der Waals surface area (Å²) in [5, 5.41) is 20.7. The second kappa shape index (κ2) is 20.9. The van der Waals surface area contributed by atoms with Crippen LogP contribution in [-0.2, 0) is 41.6 Å². The molecule has 0 radical (unpaired) electrons. The van der Waals surface area contributed by atoms with Gasteiger partial charge in [0, 0.05) is 22.1 Å². The molecule has 47 heavy (non-hydrogen) atoms. The fraction of sp³-hybridized carbons (Fsp3) is 0.500. The first-order valence-electron chi connectivity index (χ1n) is 17.3. The Bertz CT molecular complexity index is 1380. The largest absolute Gasteiger partial charge is 0.508 e. The monoisotopic (exact) mass is 674 g/mol. The van der Waals surface area contributed by atoms with E-state index in [4.69, 9.17) is 4.15 Å². The van der Waals surface area contributed by atoms with Gasteiger partial charge in [0.1, 0.15) is 19.2 Å². The zero-order valence-corrected chi connectivity index (χ0v) is 27.9. The van der Waals surface area contributed by atoms with Gasteiger partial charge in [0.15, 0.2) is 0 Å². The SMILES string of the molecule is [2H]Cc1cc(O)cc(C[2H])c1C[C@H](N[2H])C(=O)N[C@@H](CCSC)C(=O)NCC(=O)N[C@@H](Cc1ccccc1)C(=O)NCCCCCC(=O)OC. The summed E-state index contributed by atoms with van der Waals surface area (Å²) < 4.78 is 28.0. The first-order chi connectivity index (χ1) is 24.1. The number of nitrogens with two attached hydrogens (primary N) is 1. The minimum Gasteiger partial charge on any atom is -0.508 e. The molecule has 258 valence electrons. The number of phenols is 1. The highest BCUT2D eigenvalue weighted by molar-refractivity contribution is 7.98. The highest BCUT2D eigenvalue weighted by Gasteiger charge is 2.26. The number of carbonyl (C=O) groups excluding carboxylic acids is 5. The van der Waals surface area contributed by atoms with Crippen molar-refractivity contribution in [1.29, 1.82) is 0 Å². The van der Waals surface area contributed by atoms with Gasteiger partial charge in [0.05, 0.1) is 19.7 Å². The predicted octanol–water partition coefficient (Wildman–Crippen LogP) is 1.81. The minimum absolute atomic E-state index is 0.0460. The Morgan fingerprint density at radius 2 is 1.64 bits per heavy atom. The van der Waals surface area contributed by atoms with Crippen molar-refractivity contribution in [1.82, 2.24) is 21.3 Å². The van der Waals surface area contributed by atoms with Crippen LogP contribution < -0.4 is 27.0 Å². The van der Waals surface area contributed by atoms with E-state index in [9.17, 15) is 29.1 Å². The fourth-order valence-electron chi connectivity index (χ4n) is 4.72. The summed E-state index contributed by atoms with van der Waals surface area (Å²) in [6.45, 7) is -0.499. The topological polar surface area (TPSA) is 189 Å². The van der Waals surface area contributed by atoms with Gasteiger partial charge in [-0.05, 0) is 85.9 Å². The van der Waals surface area contributed by atoms with Gasteiger partial charge in [-0.3, -0.25) is 24.0 Å². The molecular weight excluding hydrogens is 622 g/mol. The second-order valence-corrected chi connectivity index (χ2v) is 12.0. The molecule has 2 aromatic rings. The zero-order valence-electron chi connectivity index (χ0n) is 30.1. The lowest BCUT2D eigenvalue weighted by Gasteiger charge is -2.22. The van der Waals surface area contributed by atoms with Crippen molar-refractivity contribution in [3.8, 4) is 5.75 Å². The maximum absolute atomic E-state index is 13.3. The number of carbonyl (C=O) groups is 5. The third kappa shape index (κ3) is 14.5. The number of phenolic OH excluding ortho intramolecular Hbond substituents is 1. The predicted molar refractivity (Wildman–Crippen MR) is 183 cm³/mol. The van der Waals surface area contributed by atoms with Gasteiger partial charge in [-0.2, -0.15) is 11.8 Å². The molecule has 3 atom stereocenters. The molecule has 0 saturated carbocycles. The van der Waals surface area contributed by atoms with E-state index in [0.717, 1.165) is 5.56 Å². The van der Waals surface area contributed by atoms with Gasteiger partial charge >= 0.3 is 5.97 Å². The van der Waals surface area contributed by atoms with Crippen LogP contribution >= 0.6 is 11.8 Å². The molecular formula is C34H49N5O7S. The first-order valence-corrected chi connectivity index (χ1v) is 16.8. The minimum atomic E-state index is -1.13. The van der Waals surface area contributed by atoms with E-state index in [1.807, 2.05) is 36.6 Å². The molecule has 0 aliphatic rings. The molecule has 2 aromatic carbocycles. The highest BCUT2D eigenvalue weighted by atomic mass is 32.2. The third-order valence-corrected chi connectivity index (χ3v) is 7.97. The Kier molecular flexibility index (Phi) is 15.2. The molecule has 0 heterocycles. The molecule has 4 amide bonds. The summed E-state index contributed by atoms with van der Waals surface area (Å²) in [7, 11) is 1.33. The molecule has 0 saturated heterocycles. The Hall–Kier alpha value is -4.10. The van der Waals surface area contributed by atoms with Crippen LogP contribution in [0, 0.1) is 13.8 Å². The summed E-state index contributed by atoms with van der Waals surface area (Å²) in [5.41, 5.74) is 4.38. The summed E-state index contributed by atoms with van der Waals surface area (Å²) in [5.74, 6) is -2.14. The summed E-state index contributed by atoms with van der Waals surface area (Å²) >= 11 is 1.46. The van der Waals surface area contributed by atoms with Crippen LogP contribution in [0.1, 0.15) is 57.1 Å². The number of rotatable bonds is 21. The van der Waals surface area contributed by atoms with Gasteiger partial charge in [-0.25, -0.2) is 0 Å². The number of thioether (sulfide) groups is 1. The lowest BCUT2D eigenvalue weighted by Crippen LogP contribution is -2.54. The lowest BCUT2D eigenvalue weighted by atomic mass is 9.96. The average molecular weight is 675 g/mol. The number of ether oxygens (including phenoxy) is 1. The summed E-state index contributed by atoms with van der Waals surface area (Å²) in [4.78, 5) is 63.9. The number of hydrogen-bond donors (Lipinski definition) is 6. The zero-order chi connectivity index (χ0) is 36.9. The molecule has 0 aliphatic carbocycles. The van der Waals surface area contributed by atoms with Crippen LogP contribution in [0.4, 0.5) is 0 Å². The van der Waals surface area contributed by atoms with Gasteiger partial charge in [-0.15, -0.1) is 0 Å². The number of aryl methyl sites for hydroxylation is 2. The highest BCUT2D eigenvalue weighted by Crippen LogP contribution is 2.22. The second-order valence-electron chi connectivity index (χ2n) is 11.0. The normalized spacial score (nSPS) is 13.5. The number of benzene rings is 2. The van der Waals surface area contributed by atoms with Gasteiger partial charge in [0.2, 0.25) is 23.6 Å². The van der Waals surface area contributed by atoms with Gasteiger partial charge in [0.25, 0.3) is 0 Å². The van der Waals surface area contributed by atoms with Crippen LogP contribution in [0.5, 0.6) is 5.75 Å². The Balaban J connectivity index is 2.03. The van der Waals surface area contributed by atoms with Crippen molar-refractivity contribution in [3.63, 3.8) is 0 Å². The van der Waals surface area contributed by atoms with Crippen LogP contribution in [0.15, 0.2) is 42.5 Å².